The molecule has 0 aliphatic heterocycles. The molecule has 0 aromatic carbocycles. The van der Waals surface area contributed by atoms with Crippen LogP contribution in [0.5, 0.6) is 0 Å². The molecule has 0 atom stereocenters. The van der Waals surface area contributed by atoms with Crippen LogP contribution < -0.4 is 0 Å². The fraction of sp³-hybridized carbons (Fsp3) is 0.688. The van der Waals surface area contributed by atoms with Gasteiger partial charge in [-0.3, -0.25) is 0 Å². The predicted octanol–water partition coefficient (Wildman–Crippen LogP) is 5.85. The van der Waals surface area contributed by atoms with Crippen molar-refractivity contribution in [3.8, 4) is 0 Å². The van der Waals surface area contributed by atoms with E-state index < -0.39 is 0 Å². The Morgan fingerprint density at radius 2 is 1.12 bits per heavy atom. The molecule has 0 heteroatoms. The van der Waals surface area contributed by atoms with Gasteiger partial charge in [-0.15, -0.1) is 6.58 Å². The van der Waals surface area contributed by atoms with Gasteiger partial charge in [0.15, 0.2) is 0 Å². The number of hydrogen-bond donors (Lipinski definition) is 0. The van der Waals surface area contributed by atoms with Crippen LogP contribution in [0.4, 0.5) is 0 Å². The Morgan fingerprint density at radius 1 is 0.625 bits per heavy atom. The molecular weight excluding hydrogens is 192 g/mol. The van der Waals surface area contributed by atoms with Crippen LogP contribution >= 0.6 is 0 Å². The summed E-state index contributed by atoms with van der Waals surface area (Å²) in [6.07, 6.45) is 20.9. The Labute approximate surface area is 103 Å². The second kappa shape index (κ2) is 14.5. The lowest BCUT2D eigenvalue weighted by Crippen LogP contribution is -1.77. The molecule has 0 fully saturated rings. The summed E-state index contributed by atoms with van der Waals surface area (Å²) in [6, 6.07) is 0. The van der Waals surface area contributed by atoms with Gasteiger partial charge in [0.2, 0.25) is 0 Å². The number of hydrogen-bond acceptors (Lipinski definition) is 0. The van der Waals surface area contributed by atoms with E-state index in [1.807, 2.05) is 6.08 Å². The second-order valence-electron chi connectivity index (χ2n) is 4.45. The molecule has 0 nitrogen and oxygen atoms in total. The van der Waals surface area contributed by atoms with E-state index in [9.17, 15) is 0 Å². The van der Waals surface area contributed by atoms with Crippen LogP contribution in [0.15, 0.2) is 24.8 Å². The van der Waals surface area contributed by atoms with Gasteiger partial charge in [-0.25, -0.2) is 0 Å². The van der Waals surface area contributed by atoms with Crippen LogP contribution in [0.2, 0.25) is 0 Å². The fourth-order valence-electron chi connectivity index (χ4n) is 1.76. The molecule has 0 saturated heterocycles. The van der Waals surface area contributed by atoms with Crippen molar-refractivity contribution >= 4 is 0 Å². The van der Waals surface area contributed by atoms with E-state index in [1.54, 1.807) is 0 Å². The van der Waals surface area contributed by atoms with Crippen molar-refractivity contribution in [1.82, 2.24) is 0 Å². The third-order valence-electron chi connectivity index (χ3n) is 2.82. The zero-order valence-corrected chi connectivity index (χ0v) is 10.9. The van der Waals surface area contributed by atoms with Crippen molar-refractivity contribution in [2.75, 3.05) is 0 Å². The summed E-state index contributed by atoms with van der Waals surface area (Å²) in [4.78, 5) is 0. The van der Waals surface area contributed by atoms with E-state index in [0.29, 0.717) is 0 Å². The molecule has 0 bridgehead atoms. The summed E-state index contributed by atoms with van der Waals surface area (Å²) in [6.45, 7) is 7.59. The van der Waals surface area contributed by atoms with E-state index >= 15 is 0 Å². The molecule has 0 heterocycles. The molecule has 0 spiro atoms. The zero-order valence-electron chi connectivity index (χ0n) is 10.9. The topological polar surface area (TPSA) is 0 Å². The van der Waals surface area contributed by atoms with Gasteiger partial charge in [0.1, 0.15) is 0 Å². The summed E-state index contributed by atoms with van der Waals surface area (Å²) in [5.74, 6) is 0. The van der Waals surface area contributed by atoms with Crippen molar-refractivity contribution in [3.05, 3.63) is 31.7 Å². The van der Waals surface area contributed by atoms with Gasteiger partial charge >= 0.3 is 0 Å². The van der Waals surface area contributed by atoms with Crippen LogP contribution in [0.3, 0.4) is 0 Å². The lowest BCUT2D eigenvalue weighted by Gasteiger charge is -1.97. The van der Waals surface area contributed by atoms with E-state index in [0.717, 1.165) is 6.42 Å². The van der Waals surface area contributed by atoms with Crippen molar-refractivity contribution < 1.29 is 0 Å². The summed E-state index contributed by atoms with van der Waals surface area (Å²) in [7, 11) is 0. The fourth-order valence-corrected chi connectivity index (χ4v) is 1.76. The van der Waals surface area contributed by atoms with Crippen molar-refractivity contribution in [2.45, 2.75) is 70.6 Å². The summed E-state index contributed by atoms with van der Waals surface area (Å²) in [5, 5.41) is 0. The lowest BCUT2D eigenvalue weighted by molar-refractivity contribution is 0.650. The molecule has 16 heavy (non-hydrogen) atoms. The maximum Gasteiger partial charge on any atom is -0.0351 e. The first-order valence-electron chi connectivity index (χ1n) is 6.97. The molecule has 0 rings (SSSR count). The Morgan fingerprint density at radius 3 is 1.69 bits per heavy atom. The van der Waals surface area contributed by atoms with Gasteiger partial charge in [-0.1, -0.05) is 57.3 Å². The van der Waals surface area contributed by atoms with Gasteiger partial charge in [0.05, 0.1) is 0 Å². The molecule has 0 aromatic rings. The van der Waals surface area contributed by atoms with Crippen LogP contribution in [0.25, 0.3) is 0 Å². The molecule has 0 amide bonds. The molecule has 1 radical (unpaired) electrons. The lowest BCUT2D eigenvalue weighted by atomic mass is 10.1. The maximum atomic E-state index is 3.85. The quantitative estimate of drug-likeness (QED) is 0.286. The van der Waals surface area contributed by atoms with Crippen LogP contribution in [0.1, 0.15) is 70.6 Å². The van der Waals surface area contributed by atoms with E-state index in [1.165, 1.54) is 64.2 Å². The predicted molar refractivity (Wildman–Crippen MR) is 75.5 cm³/mol. The minimum absolute atomic E-state index is 1.10. The van der Waals surface area contributed by atoms with Crippen molar-refractivity contribution in [2.24, 2.45) is 0 Å². The summed E-state index contributed by atoms with van der Waals surface area (Å²) < 4.78 is 0. The highest BCUT2D eigenvalue weighted by molar-refractivity contribution is 4.81. The SMILES string of the molecule is [CH2]CCCCCCC=CCCCCCC=C. The van der Waals surface area contributed by atoms with E-state index in [2.05, 4.69) is 25.7 Å². The highest BCUT2D eigenvalue weighted by Gasteiger charge is 1.87. The van der Waals surface area contributed by atoms with Gasteiger partial charge in [0.25, 0.3) is 0 Å². The van der Waals surface area contributed by atoms with Crippen LogP contribution in [-0.2, 0) is 0 Å². The number of rotatable bonds is 12. The first-order chi connectivity index (χ1) is 7.91. The Hall–Kier alpha value is -0.520. The molecule has 0 unspecified atom stereocenters. The average molecular weight is 221 g/mol. The Kier molecular flexibility index (Phi) is 14.0. The molecular formula is C16H29. The molecule has 0 aliphatic rings. The second-order valence-corrected chi connectivity index (χ2v) is 4.45. The largest absolute Gasteiger partial charge is 0.103 e. The molecule has 0 N–H and O–H groups in total. The normalized spacial score (nSPS) is 11.1. The monoisotopic (exact) mass is 221 g/mol. The molecule has 0 aliphatic carbocycles. The van der Waals surface area contributed by atoms with Gasteiger partial charge < -0.3 is 0 Å². The first kappa shape index (κ1) is 15.5. The zero-order chi connectivity index (χ0) is 11.9. The number of allylic oxidation sites excluding steroid dienone is 3. The van der Waals surface area contributed by atoms with Crippen molar-refractivity contribution in [1.29, 1.82) is 0 Å². The number of unbranched alkanes of at least 4 members (excludes halogenated alkanes) is 9. The van der Waals surface area contributed by atoms with E-state index in [4.69, 9.17) is 0 Å². The molecule has 93 valence electrons. The molecule has 0 saturated carbocycles. The Bertz CT molecular complexity index is 155. The summed E-state index contributed by atoms with van der Waals surface area (Å²) in [5.41, 5.74) is 0. The van der Waals surface area contributed by atoms with Gasteiger partial charge in [0, 0.05) is 0 Å². The smallest absolute Gasteiger partial charge is 0.0351 e. The van der Waals surface area contributed by atoms with E-state index in [-0.39, 0.29) is 0 Å². The standard InChI is InChI=1S/C16H29/c1-3-5-7-9-11-13-15-16-14-12-10-8-6-4-2/h3,15-16H,1-2,4-14H2. The Balaban J connectivity index is 3.01. The van der Waals surface area contributed by atoms with Gasteiger partial charge in [-0.05, 0) is 38.5 Å². The third kappa shape index (κ3) is 13.5. The van der Waals surface area contributed by atoms with Gasteiger partial charge in [-0.2, -0.15) is 0 Å². The minimum Gasteiger partial charge on any atom is -0.103 e. The van der Waals surface area contributed by atoms with Crippen LogP contribution in [0, 0.1) is 6.92 Å². The average Bonchev–Trinajstić information content (AvgIpc) is 2.31. The third-order valence-corrected chi connectivity index (χ3v) is 2.82. The minimum atomic E-state index is 1.10. The maximum absolute atomic E-state index is 3.85. The van der Waals surface area contributed by atoms with Crippen molar-refractivity contribution in [3.63, 3.8) is 0 Å². The summed E-state index contributed by atoms with van der Waals surface area (Å²) >= 11 is 0. The molecule has 0 aromatic heterocycles. The highest BCUT2D eigenvalue weighted by Crippen LogP contribution is 2.07. The van der Waals surface area contributed by atoms with Crippen LogP contribution in [-0.4, -0.2) is 0 Å². The highest BCUT2D eigenvalue weighted by atomic mass is 13.9. The first-order valence-corrected chi connectivity index (χ1v) is 6.97.